The summed E-state index contributed by atoms with van der Waals surface area (Å²) in [6.07, 6.45) is 3.47. The lowest BCUT2D eigenvalue weighted by molar-refractivity contribution is 0.616. The lowest BCUT2D eigenvalue weighted by Gasteiger charge is -2.08. The van der Waals surface area contributed by atoms with Crippen molar-refractivity contribution in [1.29, 1.82) is 0 Å². The van der Waals surface area contributed by atoms with Crippen LogP contribution in [0.5, 0.6) is 0 Å². The fraction of sp³-hybridized carbons (Fsp3) is 0.467. The maximum absolute atomic E-state index is 3.48. The normalized spacial score (nSPS) is 11.5. The lowest BCUT2D eigenvalue weighted by Crippen LogP contribution is -2.13. The van der Waals surface area contributed by atoms with E-state index in [0.29, 0.717) is 6.04 Å². The van der Waals surface area contributed by atoms with E-state index in [1.54, 1.807) is 0 Å². The maximum atomic E-state index is 3.48. The van der Waals surface area contributed by atoms with Gasteiger partial charge in [0.25, 0.3) is 0 Å². The third-order valence-corrected chi connectivity index (χ3v) is 3.12. The molecule has 2 aromatic rings. The molecule has 92 valence electrons. The molecular formula is C15H22N2. The van der Waals surface area contributed by atoms with E-state index in [9.17, 15) is 0 Å². The van der Waals surface area contributed by atoms with Gasteiger partial charge in [0.05, 0.1) is 0 Å². The first kappa shape index (κ1) is 12.2. The van der Waals surface area contributed by atoms with Gasteiger partial charge in [-0.15, -0.1) is 0 Å². The van der Waals surface area contributed by atoms with E-state index in [0.717, 1.165) is 13.1 Å². The SMILES string of the molecule is CCCNCc1cn(C(C)C)c2ccccc12. The summed E-state index contributed by atoms with van der Waals surface area (Å²) in [6.45, 7) is 8.71. The summed E-state index contributed by atoms with van der Waals surface area (Å²) in [5.74, 6) is 0. The topological polar surface area (TPSA) is 17.0 Å². The fourth-order valence-corrected chi connectivity index (χ4v) is 2.25. The Bertz CT molecular complexity index is 483. The van der Waals surface area contributed by atoms with Gasteiger partial charge in [0, 0.05) is 29.7 Å². The number of benzene rings is 1. The monoisotopic (exact) mass is 230 g/mol. The number of hydrogen-bond donors (Lipinski definition) is 1. The fourth-order valence-electron chi connectivity index (χ4n) is 2.25. The Hall–Kier alpha value is -1.28. The van der Waals surface area contributed by atoms with Crippen molar-refractivity contribution in [2.24, 2.45) is 0 Å². The Morgan fingerprint density at radius 3 is 2.71 bits per heavy atom. The van der Waals surface area contributed by atoms with E-state index in [4.69, 9.17) is 0 Å². The van der Waals surface area contributed by atoms with Crippen LogP contribution in [0.3, 0.4) is 0 Å². The second-order valence-corrected chi connectivity index (χ2v) is 4.85. The van der Waals surface area contributed by atoms with Gasteiger partial charge in [-0.05, 0) is 38.4 Å². The summed E-state index contributed by atoms with van der Waals surface area (Å²) in [5.41, 5.74) is 2.75. The first-order valence-corrected chi connectivity index (χ1v) is 6.53. The second kappa shape index (κ2) is 5.37. The van der Waals surface area contributed by atoms with Gasteiger partial charge < -0.3 is 9.88 Å². The zero-order valence-corrected chi connectivity index (χ0v) is 11.0. The van der Waals surface area contributed by atoms with Gasteiger partial charge in [-0.3, -0.25) is 0 Å². The maximum Gasteiger partial charge on any atom is 0.0486 e. The van der Waals surface area contributed by atoms with Crippen LogP contribution in [0.2, 0.25) is 0 Å². The molecule has 2 rings (SSSR count). The zero-order chi connectivity index (χ0) is 12.3. The highest BCUT2D eigenvalue weighted by Crippen LogP contribution is 2.24. The highest BCUT2D eigenvalue weighted by atomic mass is 15.0. The van der Waals surface area contributed by atoms with Crippen molar-refractivity contribution in [3.05, 3.63) is 36.0 Å². The van der Waals surface area contributed by atoms with E-state index in [-0.39, 0.29) is 0 Å². The van der Waals surface area contributed by atoms with Gasteiger partial charge in [0.15, 0.2) is 0 Å². The van der Waals surface area contributed by atoms with Crippen LogP contribution < -0.4 is 5.32 Å². The Balaban J connectivity index is 2.35. The minimum atomic E-state index is 0.514. The molecule has 0 saturated carbocycles. The van der Waals surface area contributed by atoms with Crippen LogP contribution in [0, 0.1) is 0 Å². The Morgan fingerprint density at radius 1 is 1.24 bits per heavy atom. The molecule has 0 aliphatic heterocycles. The largest absolute Gasteiger partial charge is 0.345 e. The number of aromatic nitrogens is 1. The van der Waals surface area contributed by atoms with Crippen LogP contribution in [0.1, 0.15) is 38.8 Å². The second-order valence-electron chi connectivity index (χ2n) is 4.85. The lowest BCUT2D eigenvalue weighted by atomic mass is 10.2. The van der Waals surface area contributed by atoms with E-state index in [2.05, 4.69) is 61.1 Å². The molecule has 17 heavy (non-hydrogen) atoms. The molecule has 2 nitrogen and oxygen atoms in total. The Morgan fingerprint density at radius 2 is 2.00 bits per heavy atom. The van der Waals surface area contributed by atoms with Crippen molar-refractivity contribution in [2.45, 2.75) is 39.8 Å². The molecule has 0 spiro atoms. The van der Waals surface area contributed by atoms with Gasteiger partial charge in [0.2, 0.25) is 0 Å². The van der Waals surface area contributed by atoms with Gasteiger partial charge in [-0.2, -0.15) is 0 Å². The van der Waals surface area contributed by atoms with Crippen molar-refractivity contribution >= 4 is 10.9 Å². The van der Waals surface area contributed by atoms with Gasteiger partial charge in [-0.1, -0.05) is 25.1 Å². The van der Waals surface area contributed by atoms with E-state index < -0.39 is 0 Å². The number of para-hydroxylation sites is 1. The molecule has 0 fully saturated rings. The molecular weight excluding hydrogens is 208 g/mol. The number of nitrogens with one attached hydrogen (secondary N) is 1. The predicted molar refractivity (Wildman–Crippen MR) is 74.3 cm³/mol. The van der Waals surface area contributed by atoms with Crippen molar-refractivity contribution < 1.29 is 0 Å². The molecule has 0 atom stereocenters. The van der Waals surface area contributed by atoms with Crippen LogP contribution in [0.25, 0.3) is 10.9 Å². The van der Waals surface area contributed by atoms with Crippen LogP contribution >= 0.6 is 0 Å². The summed E-state index contributed by atoms with van der Waals surface area (Å²) < 4.78 is 2.36. The molecule has 1 aromatic heterocycles. The molecule has 0 aliphatic rings. The zero-order valence-electron chi connectivity index (χ0n) is 11.0. The Kier molecular flexibility index (Phi) is 3.85. The van der Waals surface area contributed by atoms with Crippen molar-refractivity contribution in [3.63, 3.8) is 0 Å². The quantitative estimate of drug-likeness (QED) is 0.775. The first-order valence-electron chi connectivity index (χ1n) is 6.53. The van der Waals surface area contributed by atoms with E-state index in [1.807, 2.05) is 0 Å². The number of fused-ring (bicyclic) bond motifs is 1. The van der Waals surface area contributed by atoms with Crippen molar-refractivity contribution in [2.75, 3.05) is 6.54 Å². The summed E-state index contributed by atoms with van der Waals surface area (Å²) in [5, 5.41) is 4.86. The van der Waals surface area contributed by atoms with Crippen LogP contribution in [0.15, 0.2) is 30.5 Å². The van der Waals surface area contributed by atoms with E-state index >= 15 is 0 Å². The molecule has 0 unspecified atom stereocenters. The van der Waals surface area contributed by atoms with Gasteiger partial charge in [-0.25, -0.2) is 0 Å². The molecule has 0 bridgehead atoms. The summed E-state index contributed by atoms with van der Waals surface area (Å²) in [4.78, 5) is 0. The molecule has 0 aliphatic carbocycles. The molecule has 0 saturated heterocycles. The molecule has 0 radical (unpaired) electrons. The van der Waals surface area contributed by atoms with Crippen LogP contribution in [-0.2, 0) is 6.54 Å². The summed E-state index contributed by atoms with van der Waals surface area (Å²) in [6, 6.07) is 9.18. The number of nitrogens with zero attached hydrogens (tertiary/aromatic N) is 1. The van der Waals surface area contributed by atoms with Gasteiger partial charge >= 0.3 is 0 Å². The molecule has 2 heteroatoms. The smallest absolute Gasteiger partial charge is 0.0486 e. The third-order valence-electron chi connectivity index (χ3n) is 3.12. The van der Waals surface area contributed by atoms with Crippen molar-refractivity contribution in [1.82, 2.24) is 9.88 Å². The van der Waals surface area contributed by atoms with Gasteiger partial charge in [0.1, 0.15) is 0 Å². The minimum Gasteiger partial charge on any atom is -0.345 e. The van der Waals surface area contributed by atoms with Crippen LogP contribution in [0.4, 0.5) is 0 Å². The minimum absolute atomic E-state index is 0.514. The average Bonchev–Trinajstić information content (AvgIpc) is 2.69. The van der Waals surface area contributed by atoms with Crippen LogP contribution in [-0.4, -0.2) is 11.1 Å². The molecule has 1 heterocycles. The number of hydrogen-bond acceptors (Lipinski definition) is 1. The Labute approximate surface area is 104 Å². The summed E-state index contributed by atoms with van der Waals surface area (Å²) in [7, 11) is 0. The third kappa shape index (κ3) is 2.52. The molecule has 1 N–H and O–H groups in total. The predicted octanol–water partition coefficient (Wildman–Crippen LogP) is 3.72. The van der Waals surface area contributed by atoms with Crippen molar-refractivity contribution in [3.8, 4) is 0 Å². The van der Waals surface area contributed by atoms with E-state index in [1.165, 1.54) is 22.9 Å². The highest BCUT2D eigenvalue weighted by Gasteiger charge is 2.09. The number of rotatable bonds is 5. The highest BCUT2D eigenvalue weighted by molar-refractivity contribution is 5.84. The molecule has 0 amide bonds. The summed E-state index contributed by atoms with van der Waals surface area (Å²) >= 11 is 0. The standard InChI is InChI=1S/C15H22N2/c1-4-9-16-10-13-11-17(12(2)3)15-8-6-5-7-14(13)15/h5-8,11-12,16H,4,9-10H2,1-3H3. The average molecular weight is 230 g/mol. The molecule has 1 aromatic carbocycles. The first-order chi connectivity index (χ1) is 8.24.